The molecule has 1 unspecified atom stereocenters. The van der Waals surface area contributed by atoms with Crippen LogP contribution in [0.1, 0.15) is 48.3 Å². The number of alkyl halides is 3. The molecule has 0 fully saturated rings. The number of nitro groups is 1. The lowest BCUT2D eigenvalue weighted by molar-refractivity contribution is -0.387. The predicted molar refractivity (Wildman–Crippen MR) is 114 cm³/mol. The van der Waals surface area contributed by atoms with Crippen LogP contribution in [0.15, 0.2) is 47.4 Å². The molecule has 11 heteroatoms. The van der Waals surface area contributed by atoms with E-state index in [-0.39, 0.29) is 21.9 Å². The molecule has 0 aliphatic heterocycles. The van der Waals surface area contributed by atoms with Crippen molar-refractivity contribution >= 4 is 29.3 Å². The van der Waals surface area contributed by atoms with E-state index in [9.17, 15) is 32.9 Å². The van der Waals surface area contributed by atoms with Crippen molar-refractivity contribution in [3.05, 3.63) is 69.3 Å². The smallest absolute Gasteiger partial charge is 0.366 e. The largest absolute Gasteiger partial charge is 0.416 e. The van der Waals surface area contributed by atoms with Gasteiger partial charge in [0.1, 0.15) is 0 Å². The number of primary amides is 1. The summed E-state index contributed by atoms with van der Waals surface area (Å²) in [5, 5.41) is 14.0. The van der Waals surface area contributed by atoms with Crippen LogP contribution in [0.3, 0.4) is 0 Å². The third-order valence-electron chi connectivity index (χ3n) is 4.52. The van der Waals surface area contributed by atoms with Crippen LogP contribution in [-0.4, -0.2) is 22.5 Å². The quantitative estimate of drug-likeness (QED) is 0.346. The Balaban J connectivity index is 2.21. The zero-order chi connectivity index (χ0) is 24.3. The minimum Gasteiger partial charge on any atom is -0.366 e. The number of nitrogens with two attached hydrogens (primary N) is 1. The number of nitrogens with one attached hydrogen (secondary N) is 1. The second kappa shape index (κ2) is 9.60. The third-order valence-corrected chi connectivity index (χ3v) is 5.58. The minimum atomic E-state index is -4.52. The maximum Gasteiger partial charge on any atom is 0.416 e. The zero-order valence-electron chi connectivity index (χ0n) is 17.5. The molecule has 7 nitrogen and oxygen atoms in total. The fourth-order valence-electron chi connectivity index (χ4n) is 2.98. The van der Waals surface area contributed by atoms with Gasteiger partial charge >= 0.3 is 6.18 Å². The standard InChI is InChI=1S/C21H22F3N3O4S/c1-20(2,3)18(12-5-4-6-14(9-12)21(22,23)24)26-17(28)11-32-16-8-7-13(19(25)29)10-15(16)27(30)31/h4-10,18H,11H2,1-3H3,(H2,25,29)(H,26,28). The summed E-state index contributed by atoms with van der Waals surface area (Å²) in [6, 6.07) is 7.67. The Bertz CT molecular complexity index is 1040. The summed E-state index contributed by atoms with van der Waals surface area (Å²) in [5.41, 5.74) is 3.59. The molecule has 0 aromatic heterocycles. The number of rotatable bonds is 7. The van der Waals surface area contributed by atoms with E-state index in [1.54, 1.807) is 20.8 Å². The van der Waals surface area contributed by atoms with E-state index in [0.717, 1.165) is 30.0 Å². The van der Waals surface area contributed by atoms with Gasteiger partial charge in [0.15, 0.2) is 0 Å². The minimum absolute atomic E-state index is 0.0390. The van der Waals surface area contributed by atoms with Gasteiger partial charge in [0.2, 0.25) is 11.8 Å². The van der Waals surface area contributed by atoms with Gasteiger partial charge in [-0.25, -0.2) is 0 Å². The van der Waals surface area contributed by atoms with Crippen LogP contribution in [0.4, 0.5) is 18.9 Å². The van der Waals surface area contributed by atoms with Crippen LogP contribution in [0.25, 0.3) is 0 Å². The molecule has 2 amide bonds. The normalized spacial score (nSPS) is 12.8. The van der Waals surface area contributed by atoms with Gasteiger partial charge in [0.25, 0.3) is 5.69 Å². The fourth-order valence-corrected chi connectivity index (χ4v) is 3.79. The van der Waals surface area contributed by atoms with E-state index in [0.29, 0.717) is 5.56 Å². The van der Waals surface area contributed by atoms with Gasteiger partial charge in [0.05, 0.1) is 27.2 Å². The van der Waals surface area contributed by atoms with Crippen molar-refractivity contribution < 1.29 is 27.7 Å². The molecule has 172 valence electrons. The Morgan fingerprint density at radius 2 is 1.81 bits per heavy atom. The number of halogens is 3. The van der Waals surface area contributed by atoms with Gasteiger partial charge in [-0.2, -0.15) is 13.2 Å². The molecule has 0 saturated carbocycles. The topological polar surface area (TPSA) is 115 Å². The number of amides is 2. The SMILES string of the molecule is CC(C)(C)C(NC(=O)CSc1ccc(C(N)=O)cc1[N+](=O)[O-])c1cccc(C(F)(F)F)c1. The van der Waals surface area contributed by atoms with E-state index in [2.05, 4.69) is 5.32 Å². The average molecular weight is 469 g/mol. The Labute approximate surface area is 186 Å². The van der Waals surface area contributed by atoms with Crippen molar-refractivity contribution in [1.82, 2.24) is 5.32 Å². The number of hydrogen-bond donors (Lipinski definition) is 2. The van der Waals surface area contributed by atoms with Gasteiger partial charge in [-0.05, 0) is 35.2 Å². The third kappa shape index (κ3) is 6.46. The highest BCUT2D eigenvalue weighted by molar-refractivity contribution is 8.00. The summed E-state index contributed by atoms with van der Waals surface area (Å²) in [4.78, 5) is 34.6. The highest BCUT2D eigenvalue weighted by Crippen LogP contribution is 2.37. The molecular weight excluding hydrogens is 447 g/mol. The van der Waals surface area contributed by atoms with E-state index in [1.807, 2.05) is 0 Å². The van der Waals surface area contributed by atoms with Gasteiger partial charge < -0.3 is 11.1 Å². The number of carbonyl (C=O) groups is 2. The average Bonchev–Trinajstić information content (AvgIpc) is 2.68. The first-order valence-electron chi connectivity index (χ1n) is 9.37. The highest BCUT2D eigenvalue weighted by atomic mass is 32.2. The molecule has 3 N–H and O–H groups in total. The predicted octanol–water partition coefficient (Wildman–Crippen LogP) is 4.71. The molecule has 0 spiro atoms. The zero-order valence-corrected chi connectivity index (χ0v) is 18.3. The van der Waals surface area contributed by atoms with Gasteiger partial charge in [-0.15, -0.1) is 11.8 Å². The van der Waals surface area contributed by atoms with E-state index in [1.165, 1.54) is 24.3 Å². The number of nitro benzene ring substituents is 1. The molecule has 0 heterocycles. The van der Waals surface area contributed by atoms with Crippen LogP contribution < -0.4 is 11.1 Å². The Morgan fingerprint density at radius 1 is 1.16 bits per heavy atom. The Kier molecular flexibility index (Phi) is 7.55. The number of thioether (sulfide) groups is 1. The summed E-state index contributed by atoms with van der Waals surface area (Å²) < 4.78 is 39.3. The fraction of sp³-hybridized carbons (Fsp3) is 0.333. The van der Waals surface area contributed by atoms with Crippen molar-refractivity contribution in [3.63, 3.8) is 0 Å². The van der Waals surface area contributed by atoms with Crippen LogP contribution in [-0.2, 0) is 11.0 Å². The van der Waals surface area contributed by atoms with Crippen molar-refractivity contribution in [2.75, 3.05) is 5.75 Å². The molecule has 2 aromatic rings. The van der Waals surface area contributed by atoms with Gasteiger partial charge in [-0.3, -0.25) is 19.7 Å². The number of carbonyl (C=O) groups excluding carboxylic acids is 2. The number of hydrogen-bond acceptors (Lipinski definition) is 5. The maximum absolute atomic E-state index is 13.1. The second-order valence-electron chi connectivity index (χ2n) is 8.08. The van der Waals surface area contributed by atoms with Crippen LogP contribution >= 0.6 is 11.8 Å². The monoisotopic (exact) mass is 469 g/mol. The van der Waals surface area contributed by atoms with E-state index >= 15 is 0 Å². The van der Waals surface area contributed by atoms with Gasteiger partial charge in [0, 0.05) is 11.6 Å². The lowest BCUT2D eigenvalue weighted by Crippen LogP contribution is -2.37. The first-order valence-corrected chi connectivity index (χ1v) is 10.4. The first-order chi connectivity index (χ1) is 14.7. The highest BCUT2D eigenvalue weighted by Gasteiger charge is 2.33. The summed E-state index contributed by atoms with van der Waals surface area (Å²) in [7, 11) is 0. The molecule has 0 radical (unpaired) electrons. The summed E-state index contributed by atoms with van der Waals surface area (Å²) in [6.07, 6.45) is -4.52. The molecule has 32 heavy (non-hydrogen) atoms. The van der Waals surface area contributed by atoms with Crippen LogP contribution in [0, 0.1) is 15.5 Å². The molecule has 2 rings (SSSR count). The number of nitrogens with zero attached hydrogens (tertiary/aromatic N) is 1. The molecule has 0 aliphatic rings. The van der Waals surface area contributed by atoms with E-state index in [4.69, 9.17) is 5.73 Å². The second-order valence-corrected chi connectivity index (χ2v) is 9.10. The summed E-state index contributed by atoms with van der Waals surface area (Å²) in [5.74, 6) is -1.56. The molecule has 0 saturated heterocycles. The van der Waals surface area contributed by atoms with Crippen LogP contribution in [0.5, 0.6) is 0 Å². The lowest BCUT2D eigenvalue weighted by Gasteiger charge is -2.32. The van der Waals surface area contributed by atoms with E-state index < -0.39 is 39.9 Å². The lowest BCUT2D eigenvalue weighted by atomic mass is 9.82. The maximum atomic E-state index is 13.1. The molecule has 0 bridgehead atoms. The first kappa shape index (κ1) is 25.2. The molecular formula is C21H22F3N3O4S. The summed E-state index contributed by atoms with van der Waals surface area (Å²) in [6.45, 7) is 5.33. The molecule has 0 aliphatic carbocycles. The Morgan fingerprint density at radius 3 is 2.34 bits per heavy atom. The Hall–Kier alpha value is -3.08. The van der Waals surface area contributed by atoms with Gasteiger partial charge in [-0.1, -0.05) is 32.9 Å². The number of benzene rings is 2. The van der Waals surface area contributed by atoms with Crippen molar-refractivity contribution in [2.45, 2.75) is 37.9 Å². The van der Waals surface area contributed by atoms with Crippen molar-refractivity contribution in [1.29, 1.82) is 0 Å². The molecule has 2 aromatic carbocycles. The van der Waals surface area contributed by atoms with Crippen molar-refractivity contribution in [3.8, 4) is 0 Å². The van der Waals surface area contributed by atoms with Crippen molar-refractivity contribution in [2.24, 2.45) is 11.1 Å². The van der Waals surface area contributed by atoms with Crippen LogP contribution in [0.2, 0.25) is 0 Å². The molecule has 1 atom stereocenters. The summed E-state index contributed by atoms with van der Waals surface area (Å²) >= 11 is 0.873.